The molecular formula is C28H40N4O4. The van der Waals surface area contributed by atoms with E-state index in [1.165, 1.54) is 0 Å². The van der Waals surface area contributed by atoms with Gasteiger partial charge in [-0.1, -0.05) is 42.5 Å². The van der Waals surface area contributed by atoms with Crippen molar-refractivity contribution in [2.45, 2.75) is 63.3 Å². The highest BCUT2D eigenvalue weighted by Gasteiger charge is 2.27. The molecule has 8 heteroatoms. The molecule has 0 aliphatic carbocycles. The zero-order valence-electron chi connectivity index (χ0n) is 21.2. The van der Waals surface area contributed by atoms with Crippen molar-refractivity contribution in [2.24, 2.45) is 11.5 Å². The molecule has 3 atom stereocenters. The van der Waals surface area contributed by atoms with Crippen LogP contribution in [-0.4, -0.2) is 71.7 Å². The number of aliphatic hydroxyl groups excluding tert-OH is 1. The van der Waals surface area contributed by atoms with E-state index in [2.05, 4.69) is 0 Å². The first-order valence-electron chi connectivity index (χ1n) is 12.8. The molecule has 8 nitrogen and oxygen atoms in total. The van der Waals surface area contributed by atoms with Crippen LogP contribution in [0.5, 0.6) is 5.75 Å². The van der Waals surface area contributed by atoms with E-state index in [1.54, 1.807) is 12.0 Å². The lowest BCUT2D eigenvalue weighted by atomic mass is 10.0. The SMILES string of the molecule is COc1cccc(CN(C[C@@H](O)[C@@H](N)Cc2ccccc2)C(=O)[C@@H](N)CCC(=O)N2CCCCC2)c1. The van der Waals surface area contributed by atoms with Crippen LogP contribution in [0.1, 0.15) is 43.2 Å². The summed E-state index contributed by atoms with van der Waals surface area (Å²) in [4.78, 5) is 29.4. The summed E-state index contributed by atoms with van der Waals surface area (Å²) in [5, 5.41) is 10.9. The Hall–Kier alpha value is -2.94. The number of likely N-dealkylation sites (tertiary alicyclic amines) is 1. The number of methoxy groups -OCH3 is 1. The molecule has 1 fully saturated rings. The molecule has 3 rings (SSSR count). The third kappa shape index (κ3) is 8.33. The molecule has 2 amide bonds. The number of piperidine rings is 1. The lowest BCUT2D eigenvalue weighted by Crippen LogP contribution is -2.50. The Kier molecular flexibility index (Phi) is 10.7. The lowest BCUT2D eigenvalue weighted by molar-refractivity contribution is -0.136. The minimum Gasteiger partial charge on any atom is -0.497 e. The molecule has 1 aliphatic heterocycles. The van der Waals surface area contributed by atoms with Crippen LogP contribution in [0, 0.1) is 0 Å². The molecule has 0 aromatic heterocycles. The van der Waals surface area contributed by atoms with E-state index in [0.29, 0.717) is 12.2 Å². The fourth-order valence-corrected chi connectivity index (χ4v) is 4.55. The molecule has 0 spiro atoms. The highest BCUT2D eigenvalue weighted by atomic mass is 16.5. The summed E-state index contributed by atoms with van der Waals surface area (Å²) >= 11 is 0. The van der Waals surface area contributed by atoms with Crippen molar-refractivity contribution >= 4 is 11.8 Å². The van der Waals surface area contributed by atoms with E-state index in [-0.39, 0.29) is 37.7 Å². The quantitative estimate of drug-likeness (QED) is 0.414. The van der Waals surface area contributed by atoms with Crippen LogP contribution >= 0.6 is 0 Å². The molecule has 0 radical (unpaired) electrons. The van der Waals surface area contributed by atoms with E-state index < -0.39 is 18.2 Å². The van der Waals surface area contributed by atoms with Crippen LogP contribution < -0.4 is 16.2 Å². The molecular weight excluding hydrogens is 456 g/mol. The van der Waals surface area contributed by atoms with Crippen molar-refractivity contribution in [3.8, 4) is 5.75 Å². The molecule has 2 aromatic carbocycles. The average molecular weight is 497 g/mol. The Morgan fingerprint density at radius 2 is 1.72 bits per heavy atom. The van der Waals surface area contributed by atoms with Crippen LogP contribution in [0.2, 0.25) is 0 Å². The summed E-state index contributed by atoms with van der Waals surface area (Å²) in [5.74, 6) is 0.412. The molecule has 2 aromatic rings. The fraction of sp³-hybridized carbons (Fsp3) is 0.500. The van der Waals surface area contributed by atoms with Gasteiger partial charge in [-0.3, -0.25) is 9.59 Å². The molecule has 1 saturated heterocycles. The smallest absolute Gasteiger partial charge is 0.239 e. The molecule has 1 aliphatic rings. The maximum atomic E-state index is 13.4. The summed E-state index contributed by atoms with van der Waals surface area (Å²) in [6, 6.07) is 15.7. The zero-order valence-corrected chi connectivity index (χ0v) is 21.2. The van der Waals surface area contributed by atoms with E-state index in [1.807, 2.05) is 59.5 Å². The van der Waals surface area contributed by atoms with Crippen molar-refractivity contribution in [1.29, 1.82) is 0 Å². The highest BCUT2D eigenvalue weighted by molar-refractivity contribution is 5.83. The predicted molar refractivity (Wildman–Crippen MR) is 140 cm³/mol. The highest BCUT2D eigenvalue weighted by Crippen LogP contribution is 2.17. The van der Waals surface area contributed by atoms with Gasteiger partial charge in [0.1, 0.15) is 5.75 Å². The van der Waals surface area contributed by atoms with Crippen molar-refractivity contribution in [2.75, 3.05) is 26.7 Å². The summed E-state index contributed by atoms with van der Waals surface area (Å²) in [6.45, 7) is 1.84. The Morgan fingerprint density at radius 3 is 2.42 bits per heavy atom. The van der Waals surface area contributed by atoms with Gasteiger partial charge in [-0.05, 0) is 55.4 Å². The summed E-state index contributed by atoms with van der Waals surface area (Å²) in [6.07, 6.45) is 3.22. The van der Waals surface area contributed by atoms with Crippen LogP contribution in [0.15, 0.2) is 54.6 Å². The minimum absolute atomic E-state index is 0.0395. The van der Waals surface area contributed by atoms with Gasteiger partial charge in [0.15, 0.2) is 0 Å². The average Bonchev–Trinajstić information content (AvgIpc) is 2.91. The number of nitrogens with two attached hydrogens (primary N) is 2. The standard InChI is InChI=1S/C28H40N4O4/c1-36-23-12-8-11-22(17-23)19-32(20-26(33)25(30)18-21-9-4-2-5-10-21)28(35)24(29)13-14-27(34)31-15-6-3-7-16-31/h2,4-5,8-12,17,24-26,33H,3,6-7,13-16,18-20,29-30H2,1H3/t24-,25-,26+/m0/s1. The molecule has 5 N–H and O–H groups in total. The maximum Gasteiger partial charge on any atom is 0.239 e. The monoisotopic (exact) mass is 496 g/mol. The largest absolute Gasteiger partial charge is 0.497 e. The second kappa shape index (κ2) is 14.0. The van der Waals surface area contributed by atoms with E-state index in [9.17, 15) is 14.7 Å². The van der Waals surface area contributed by atoms with E-state index in [4.69, 9.17) is 16.2 Å². The van der Waals surface area contributed by atoms with Crippen molar-refractivity contribution in [1.82, 2.24) is 9.80 Å². The number of carbonyl (C=O) groups excluding carboxylic acids is 2. The summed E-state index contributed by atoms with van der Waals surface area (Å²) < 4.78 is 5.31. The van der Waals surface area contributed by atoms with Crippen molar-refractivity contribution in [3.63, 3.8) is 0 Å². The van der Waals surface area contributed by atoms with Gasteiger partial charge in [0.2, 0.25) is 11.8 Å². The van der Waals surface area contributed by atoms with Crippen molar-refractivity contribution in [3.05, 3.63) is 65.7 Å². The Labute approximate surface area is 214 Å². The number of carbonyl (C=O) groups is 2. The number of ether oxygens (including phenoxy) is 1. The van der Waals surface area contributed by atoms with E-state index in [0.717, 1.165) is 43.5 Å². The third-order valence-corrected chi connectivity index (χ3v) is 6.73. The first-order chi connectivity index (χ1) is 17.4. The maximum absolute atomic E-state index is 13.4. The number of amides is 2. The first-order valence-corrected chi connectivity index (χ1v) is 12.8. The Balaban J connectivity index is 1.66. The fourth-order valence-electron chi connectivity index (χ4n) is 4.55. The number of nitrogens with zero attached hydrogens (tertiary/aromatic N) is 2. The van der Waals surface area contributed by atoms with Crippen LogP contribution in [0.25, 0.3) is 0 Å². The number of hydrogen-bond donors (Lipinski definition) is 3. The normalized spacial score (nSPS) is 16.2. The topological polar surface area (TPSA) is 122 Å². The van der Waals surface area contributed by atoms with Crippen LogP contribution in [0.3, 0.4) is 0 Å². The molecule has 196 valence electrons. The first kappa shape index (κ1) is 27.6. The van der Waals surface area contributed by atoms with Gasteiger partial charge in [0.25, 0.3) is 0 Å². The Morgan fingerprint density at radius 1 is 1.03 bits per heavy atom. The van der Waals surface area contributed by atoms with Gasteiger partial charge in [-0.25, -0.2) is 0 Å². The van der Waals surface area contributed by atoms with Gasteiger partial charge < -0.3 is 31.1 Å². The lowest BCUT2D eigenvalue weighted by Gasteiger charge is -2.31. The van der Waals surface area contributed by atoms with Gasteiger partial charge in [0, 0.05) is 38.6 Å². The summed E-state index contributed by atoms with van der Waals surface area (Å²) in [5.41, 5.74) is 14.5. The molecule has 0 saturated carbocycles. The Bertz CT molecular complexity index is 965. The van der Waals surface area contributed by atoms with Gasteiger partial charge >= 0.3 is 0 Å². The second-order valence-corrected chi connectivity index (χ2v) is 9.58. The van der Waals surface area contributed by atoms with Crippen LogP contribution in [0.4, 0.5) is 0 Å². The minimum atomic E-state index is -0.943. The molecule has 0 unspecified atom stereocenters. The molecule has 1 heterocycles. The molecule has 36 heavy (non-hydrogen) atoms. The van der Waals surface area contributed by atoms with E-state index >= 15 is 0 Å². The van der Waals surface area contributed by atoms with Gasteiger partial charge in [-0.2, -0.15) is 0 Å². The van der Waals surface area contributed by atoms with Gasteiger partial charge in [-0.15, -0.1) is 0 Å². The van der Waals surface area contributed by atoms with Crippen molar-refractivity contribution < 1.29 is 19.4 Å². The predicted octanol–water partition coefficient (Wildman–Crippen LogP) is 2.07. The van der Waals surface area contributed by atoms with Gasteiger partial charge in [0.05, 0.1) is 19.3 Å². The number of rotatable bonds is 12. The molecule has 0 bridgehead atoms. The summed E-state index contributed by atoms with van der Waals surface area (Å²) in [7, 11) is 1.59. The third-order valence-electron chi connectivity index (χ3n) is 6.73. The zero-order chi connectivity index (χ0) is 25.9. The second-order valence-electron chi connectivity index (χ2n) is 9.58. The number of benzene rings is 2. The van der Waals surface area contributed by atoms with Crippen LogP contribution in [-0.2, 0) is 22.6 Å². The number of aliphatic hydroxyl groups is 1. The number of hydrogen-bond acceptors (Lipinski definition) is 6.